The van der Waals surface area contributed by atoms with Crippen LogP contribution in [0, 0.1) is 6.92 Å². The minimum absolute atomic E-state index is 0.289. The van der Waals surface area contributed by atoms with Crippen LogP contribution in [0.5, 0.6) is 0 Å². The molecule has 3 aromatic rings. The van der Waals surface area contributed by atoms with Crippen LogP contribution in [0.2, 0.25) is 0 Å². The number of nitrogens with zero attached hydrogens (tertiary/aromatic N) is 2. The zero-order valence-electron chi connectivity index (χ0n) is 11.8. The minimum Gasteiger partial charge on any atom is -0.469 e. The first-order valence-corrected chi connectivity index (χ1v) is 7.42. The fourth-order valence-corrected chi connectivity index (χ4v) is 2.22. The predicted octanol–water partition coefficient (Wildman–Crippen LogP) is 3.16. The van der Waals surface area contributed by atoms with Crippen LogP contribution in [0.1, 0.15) is 17.0 Å². The highest BCUT2D eigenvalue weighted by molar-refractivity contribution is 9.10. The predicted molar refractivity (Wildman–Crippen MR) is 86.3 cm³/mol. The Balaban J connectivity index is 1.79. The number of nitrogens with one attached hydrogen (secondary N) is 2. The third kappa shape index (κ3) is 3.25. The summed E-state index contributed by atoms with van der Waals surface area (Å²) in [4.78, 5) is 14.7. The van der Waals surface area contributed by atoms with E-state index in [0.717, 1.165) is 15.7 Å². The lowest BCUT2D eigenvalue weighted by atomic mass is 10.2. The molecule has 0 fully saturated rings. The van der Waals surface area contributed by atoms with Crippen molar-refractivity contribution in [2.45, 2.75) is 13.3 Å². The highest BCUT2D eigenvalue weighted by atomic mass is 79.9. The van der Waals surface area contributed by atoms with Gasteiger partial charge in [0.25, 0.3) is 5.56 Å². The Morgan fingerprint density at radius 1 is 1.32 bits per heavy atom. The van der Waals surface area contributed by atoms with Gasteiger partial charge in [0.15, 0.2) is 0 Å². The van der Waals surface area contributed by atoms with Gasteiger partial charge in [0.2, 0.25) is 5.95 Å². The van der Waals surface area contributed by atoms with Crippen molar-refractivity contribution in [1.82, 2.24) is 15.2 Å². The number of rotatable bonds is 4. The average Bonchev–Trinajstić information content (AvgIpc) is 2.99. The van der Waals surface area contributed by atoms with Gasteiger partial charge in [0.1, 0.15) is 11.5 Å². The highest BCUT2D eigenvalue weighted by Crippen LogP contribution is 2.21. The van der Waals surface area contributed by atoms with Gasteiger partial charge in [0.05, 0.1) is 12.7 Å². The van der Waals surface area contributed by atoms with Crippen molar-refractivity contribution in [2.24, 2.45) is 0 Å². The summed E-state index contributed by atoms with van der Waals surface area (Å²) in [6, 6.07) is 9.31. The number of benzene rings is 1. The number of aromatic nitrogens is 3. The number of furan rings is 1. The van der Waals surface area contributed by atoms with Crippen LogP contribution in [-0.4, -0.2) is 15.2 Å². The van der Waals surface area contributed by atoms with Gasteiger partial charge in [-0.15, -0.1) is 10.2 Å². The summed E-state index contributed by atoms with van der Waals surface area (Å²) in [5.74, 6) is 0.971. The molecule has 0 unspecified atom stereocenters. The molecule has 0 bridgehead atoms. The summed E-state index contributed by atoms with van der Waals surface area (Å²) >= 11 is 3.44. The molecule has 0 atom stereocenters. The number of halogens is 1. The normalized spacial score (nSPS) is 10.6. The molecule has 1 aromatic carbocycles. The Bertz CT molecular complexity index is 843. The van der Waals surface area contributed by atoms with E-state index in [4.69, 9.17) is 4.42 Å². The molecule has 2 N–H and O–H groups in total. The van der Waals surface area contributed by atoms with E-state index in [1.165, 1.54) is 0 Å². The van der Waals surface area contributed by atoms with Crippen LogP contribution in [0.3, 0.4) is 0 Å². The first-order valence-electron chi connectivity index (χ1n) is 6.63. The van der Waals surface area contributed by atoms with Crippen molar-refractivity contribution in [3.63, 3.8) is 0 Å². The zero-order valence-corrected chi connectivity index (χ0v) is 13.3. The summed E-state index contributed by atoms with van der Waals surface area (Å²) in [5, 5.41) is 11.0. The largest absolute Gasteiger partial charge is 0.469 e. The van der Waals surface area contributed by atoms with Crippen molar-refractivity contribution in [3.8, 4) is 0 Å². The van der Waals surface area contributed by atoms with Crippen molar-refractivity contribution in [2.75, 3.05) is 5.32 Å². The second-order valence-electron chi connectivity index (χ2n) is 4.79. The van der Waals surface area contributed by atoms with Gasteiger partial charge < -0.3 is 9.73 Å². The van der Waals surface area contributed by atoms with Gasteiger partial charge in [0, 0.05) is 10.2 Å². The fourth-order valence-electron chi connectivity index (χ4n) is 1.97. The molecule has 0 aliphatic carbocycles. The molecule has 0 radical (unpaired) electrons. The van der Waals surface area contributed by atoms with Crippen LogP contribution in [0.15, 0.2) is 50.3 Å². The van der Waals surface area contributed by atoms with E-state index in [-0.39, 0.29) is 5.56 Å². The summed E-state index contributed by atoms with van der Waals surface area (Å²) < 4.78 is 6.22. The Hall–Kier alpha value is -2.41. The first-order chi connectivity index (χ1) is 10.6. The van der Waals surface area contributed by atoms with Crippen molar-refractivity contribution >= 4 is 27.6 Å². The second-order valence-corrected chi connectivity index (χ2v) is 5.65. The lowest BCUT2D eigenvalue weighted by Crippen LogP contribution is -2.18. The topological polar surface area (TPSA) is 83.8 Å². The smallest absolute Gasteiger partial charge is 0.274 e. The molecule has 0 amide bonds. The van der Waals surface area contributed by atoms with Gasteiger partial charge in [-0.2, -0.15) is 0 Å². The Morgan fingerprint density at radius 3 is 2.86 bits per heavy atom. The van der Waals surface area contributed by atoms with Crippen LogP contribution in [0.25, 0.3) is 0 Å². The van der Waals surface area contributed by atoms with E-state index in [1.54, 1.807) is 18.4 Å². The lowest BCUT2D eigenvalue weighted by Gasteiger charge is -2.07. The molecule has 2 heterocycles. The first kappa shape index (κ1) is 14.5. The van der Waals surface area contributed by atoms with E-state index in [0.29, 0.717) is 23.8 Å². The number of anilines is 2. The van der Waals surface area contributed by atoms with Crippen LogP contribution < -0.4 is 10.9 Å². The van der Waals surface area contributed by atoms with Crippen LogP contribution >= 0.6 is 15.9 Å². The number of aryl methyl sites for hydroxylation is 1. The highest BCUT2D eigenvalue weighted by Gasteiger charge is 2.08. The average molecular weight is 361 g/mol. The summed E-state index contributed by atoms with van der Waals surface area (Å²) in [6.07, 6.45) is 1.87. The minimum atomic E-state index is -0.289. The standard InChI is InChI=1S/C15H13BrN4O2/c1-9-7-10(4-5-12(9)16)17-15-18-14(21)13(19-20-15)8-11-3-2-6-22-11/h2-7H,8H2,1H3,(H2,17,18,20,21). The third-order valence-electron chi connectivity index (χ3n) is 3.11. The molecule has 6 nitrogen and oxygen atoms in total. The van der Waals surface area contributed by atoms with Crippen molar-refractivity contribution in [3.05, 3.63) is 68.4 Å². The van der Waals surface area contributed by atoms with E-state index in [2.05, 4.69) is 36.4 Å². The van der Waals surface area contributed by atoms with Gasteiger partial charge >= 0.3 is 0 Å². The second kappa shape index (κ2) is 6.15. The number of H-pyrrole nitrogens is 1. The molecule has 22 heavy (non-hydrogen) atoms. The lowest BCUT2D eigenvalue weighted by molar-refractivity contribution is 0.517. The van der Waals surface area contributed by atoms with E-state index >= 15 is 0 Å². The molecular weight excluding hydrogens is 348 g/mol. The molecule has 2 aromatic heterocycles. The number of aromatic amines is 1. The maximum Gasteiger partial charge on any atom is 0.274 e. The molecule has 0 spiro atoms. The van der Waals surface area contributed by atoms with Crippen LogP contribution in [-0.2, 0) is 6.42 Å². The zero-order chi connectivity index (χ0) is 15.5. The quantitative estimate of drug-likeness (QED) is 0.746. The molecule has 0 aliphatic heterocycles. The maximum absolute atomic E-state index is 12.0. The monoisotopic (exact) mass is 360 g/mol. The molecule has 0 saturated carbocycles. The molecule has 3 rings (SSSR count). The fraction of sp³-hybridized carbons (Fsp3) is 0.133. The van der Waals surface area contributed by atoms with Gasteiger partial charge in [-0.05, 0) is 42.8 Å². The van der Waals surface area contributed by atoms with E-state index in [9.17, 15) is 4.79 Å². The third-order valence-corrected chi connectivity index (χ3v) is 4.00. The van der Waals surface area contributed by atoms with E-state index < -0.39 is 0 Å². The van der Waals surface area contributed by atoms with Gasteiger partial charge in [-0.3, -0.25) is 9.78 Å². The van der Waals surface area contributed by atoms with Gasteiger partial charge in [-0.25, -0.2) is 0 Å². The molecule has 112 valence electrons. The Kier molecular flexibility index (Phi) is 4.06. The summed E-state index contributed by atoms with van der Waals surface area (Å²) in [6.45, 7) is 1.98. The molecule has 7 heteroatoms. The Morgan fingerprint density at radius 2 is 2.18 bits per heavy atom. The SMILES string of the molecule is Cc1cc(Nc2nnc(Cc3ccco3)c(=O)[nH]2)ccc1Br. The Labute approximate surface area is 134 Å². The van der Waals surface area contributed by atoms with Crippen molar-refractivity contribution < 1.29 is 4.42 Å². The summed E-state index contributed by atoms with van der Waals surface area (Å²) in [5.41, 5.74) is 1.93. The summed E-state index contributed by atoms with van der Waals surface area (Å²) in [7, 11) is 0. The number of hydrogen-bond acceptors (Lipinski definition) is 5. The maximum atomic E-state index is 12.0. The van der Waals surface area contributed by atoms with E-state index in [1.807, 2.05) is 25.1 Å². The molecule has 0 saturated heterocycles. The van der Waals surface area contributed by atoms with Gasteiger partial charge in [-0.1, -0.05) is 15.9 Å². The van der Waals surface area contributed by atoms with Crippen LogP contribution in [0.4, 0.5) is 11.6 Å². The van der Waals surface area contributed by atoms with Crippen molar-refractivity contribution in [1.29, 1.82) is 0 Å². The number of hydrogen-bond donors (Lipinski definition) is 2. The molecular formula is C15H13BrN4O2. The molecule has 0 aliphatic rings.